The minimum absolute atomic E-state index is 0.244. The minimum Gasteiger partial charge on any atom is -0.229 e. The molecule has 1 aromatic carbocycles. The van der Waals surface area contributed by atoms with Crippen LogP contribution in [0.5, 0.6) is 0 Å². The lowest BCUT2D eigenvalue weighted by molar-refractivity contribution is 0.624. The van der Waals surface area contributed by atoms with Gasteiger partial charge in [0.15, 0.2) is 5.82 Å². The fourth-order valence-corrected chi connectivity index (χ4v) is 1.31. The number of benzene rings is 1. The molecule has 1 aromatic heterocycles. The molecular formula is C11H11FN4. The third-order valence-corrected chi connectivity index (χ3v) is 2.22. The highest BCUT2D eigenvalue weighted by molar-refractivity contribution is 5.66. The van der Waals surface area contributed by atoms with Crippen molar-refractivity contribution in [2.24, 2.45) is 7.05 Å². The Morgan fingerprint density at radius 3 is 2.75 bits per heavy atom. The second-order valence-electron chi connectivity index (χ2n) is 3.52. The zero-order chi connectivity index (χ0) is 11.5. The third-order valence-electron chi connectivity index (χ3n) is 2.22. The highest BCUT2D eigenvalue weighted by Crippen LogP contribution is 2.12. The normalized spacial score (nSPS) is 11.2. The van der Waals surface area contributed by atoms with E-state index in [1.807, 2.05) is 13.0 Å². The second kappa shape index (κ2) is 4.22. The molecule has 0 amide bonds. The molecule has 2 aromatic rings. The zero-order valence-corrected chi connectivity index (χ0v) is 9.05. The first-order valence-corrected chi connectivity index (χ1v) is 4.83. The molecule has 5 heteroatoms. The molecule has 2 rings (SSSR count). The second-order valence-corrected chi connectivity index (χ2v) is 3.52. The van der Waals surface area contributed by atoms with Gasteiger partial charge in [0.1, 0.15) is 5.82 Å². The first kappa shape index (κ1) is 10.5. The summed E-state index contributed by atoms with van der Waals surface area (Å²) in [6.07, 6.45) is 3.33. The molecule has 16 heavy (non-hydrogen) atoms. The molecule has 0 aliphatic heterocycles. The fourth-order valence-electron chi connectivity index (χ4n) is 1.31. The Morgan fingerprint density at radius 1 is 1.31 bits per heavy atom. The molecule has 0 atom stereocenters. The van der Waals surface area contributed by atoms with Gasteiger partial charge >= 0.3 is 0 Å². The van der Waals surface area contributed by atoms with Crippen molar-refractivity contribution in [2.45, 2.75) is 6.92 Å². The van der Waals surface area contributed by atoms with E-state index in [4.69, 9.17) is 0 Å². The Morgan fingerprint density at radius 2 is 2.12 bits per heavy atom. The molecular weight excluding hydrogens is 207 g/mol. The van der Waals surface area contributed by atoms with Gasteiger partial charge in [-0.25, -0.2) is 9.07 Å². The number of hydrogen-bond donors (Lipinski definition) is 0. The molecule has 0 radical (unpaired) electrons. The van der Waals surface area contributed by atoms with Crippen LogP contribution in [0.3, 0.4) is 0 Å². The lowest BCUT2D eigenvalue weighted by atomic mass is 10.1. The van der Waals surface area contributed by atoms with Gasteiger partial charge in [-0.2, -0.15) is 0 Å². The molecule has 0 bridgehead atoms. The quantitative estimate of drug-likeness (QED) is 0.772. The maximum atomic E-state index is 13.5. The average molecular weight is 218 g/mol. The van der Waals surface area contributed by atoms with Gasteiger partial charge in [0.2, 0.25) is 0 Å². The molecule has 0 saturated heterocycles. The molecule has 1 heterocycles. The number of nitrogens with zero attached hydrogens (tertiary/aromatic N) is 4. The van der Waals surface area contributed by atoms with Crippen molar-refractivity contribution < 1.29 is 4.39 Å². The first-order chi connectivity index (χ1) is 7.66. The van der Waals surface area contributed by atoms with Crippen LogP contribution in [0.4, 0.5) is 4.39 Å². The molecule has 0 aliphatic carbocycles. The Hall–Kier alpha value is -2.04. The topological polar surface area (TPSA) is 43.6 Å². The van der Waals surface area contributed by atoms with Crippen LogP contribution in [0.25, 0.3) is 12.2 Å². The smallest absolute Gasteiger partial charge is 0.174 e. The van der Waals surface area contributed by atoms with Crippen LogP contribution in [0, 0.1) is 12.7 Å². The monoisotopic (exact) mass is 218 g/mol. The summed E-state index contributed by atoms with van der Waals surface area (Å²) in [5.41, 5.74) is 1.42. The van der Waals surface area contributed by atoms with E-state index in [9.17, 15) is 4.39 Å². The van der Waals surface area contributed by atoms with Gasteiger partial charge < -0.3 is 0 Å². The maximum absolute atomic E-state index is 13.5. The molecule has 82 valence electrons. The number of tetrazole rings is 1. The molecule has 0 fully saturated rings. The van der Waals surface area contributed by atoms with E-state index < -0.39 is 0 Å². The van der Waals surface area contributed by atoms with Gasteiger partial charge in [-0.3, -0.25) is 0 Å². The van der Waals surface area contributed by atoms with Crippen molar-refractivity contribution in [3.63, 3.8) is 0 Å². The SMILES string of the molecule is Cc1ccc(C=Cc2nnnn2C)c(F)c1. The predicted molar refractivity (Wildman–Crippen MR) is 58.9 cm³/mol. The van der Waals surface area contributed by atoms with Crippen LogP contribution >= 0.6 is 0 Å². The Bertz CT molecular complexity index is 531. The van der Waals surface area contributed by atoms with Crippen LogP contribution in [0.1, 0.15) is 17.0 Å². The lowest BCUT2D eigenvalue weighted by Crippen LogP contribution is -1.93. The molecule has 0 aliphatic rings. The minimum atomic E-state index is -0.244. The highest BCUT2D eigenvalue weighted by atomic mass is 19.1. The van der Waals surface area contributed by atoms with Crippen molar-refractivity contribution in [3.8, 4) is 0 Å². The van der Waals surface area contributed by atoms with E-state index in [-0.39, 0.29) is 5.82 Å². The molecule has 4 nitrogen and oxygen atoms in total. The number of hydrogen-bond acceptors (Lipinski definition) is 3. The zero-order valence-electron chi connectivity index (χ0n) is 9.05. The summed E-state index contributed by atoms with van der Waals surface area (Å²) in [7, 11) is 1.73. The average Bonchev–Trinajstić information content (AvgIpc) is 2.63. The standard InChI is InChI=1S/C11H11FN4/c1-8-3-4-9(10(12)7-8)5-6-11-13-14-15-16(11)2/h3-7H,1-2H3. The third kappa shape index (κ3) is 2.13. The number of aryl methyl sites for hydroxylation is 2. The van der Waals surface area contributed by atoms with Crippen LogP contribution in [0.2, 0.25) is 0 Å². The van der Waals surface area contributed by atoms with Crippen molar-refractivity contribution in [1.82, 2.24) is 20.2 Å². The van der Waals surface area contributed by atoms with Gasteiger partial charge in [0.05, 0.1) is 0 Å². The van der Waals surface area contributed by atoms with Crippen molar-refractivity contribution in [1.29, 1.82) is 0 Å². The van der Waals surface area contributed by atoms with E-state index in [1.165, 1.54) is 10.7 Å². The number of aromatic nitrogens is 4. The lowest BCUT2D eigenvalue weighted by Gasteiger charge is -1.97. The van der Waals surface area contributed by atoms with E-state index in [1.54, 1.807) is 25.3 Å². The maximum Gasteiger partial charge on any atom is 0.174 e. The van der Waals surface area contributed by atoms with Crippen LogP contribution < -0.4 is 0 Å². The Kier molecular flexibility index (Phi) is 2.76. The van der Waals surface area contributed by atoms with E-state index in [2.05, 4.69) is 15.5 Å². The summed E-state index contributed by atoms with van der Waals surface area (Å²) in [6.45, 7) is 1.85. The molecule has 0 saturated carbocycles. The number of rotatable bonds is 2. The van der Waals surface area contributed by atoms with Gasteiger partial charge in [-0.05, 0) is 41.1 Å². The summed E-state index contributed by atoms with van der Waals surface area (Å²) in [5, 5.41) is 10.9. The largest absolute Gasteiger partial charge is 0.229 e. The summed E-state index contributed by atoms with van der Waals surface area (Å²) >= 11 is 0. The Balaban J connectivity index is 2.27. The number of halogens is 1. The first-order valence-electron chi connectivity index (χ1n) is 4.83. The van der Waals surface area contributed by atoms with E-state index >= 15 is 0 Å². The van der Waals surface area contributed by atoms with Gasteiger partial charge in [0, 0.05) is 12.6 Å². The summed E-state index contributed by atoms with van der Waals surface area (Å²) in [4.78, 5) is 0. The van der Waals surface area contributed by atoms with Gasteiger partial charge in [-0.15, -0.1) is 5.10 Å². The van der Waals surface area contributed by atoms with E-state index in [0.717, 1.165) is 5.56 Å². The fraction of sp³-hybridized carbons (Fsp3) is 0.182. The van der Waals surface area contributed by atoms with E-state index in [0.29, 0.717) is 11.4 Å². The summed E-state index contributed by atoms with van der Waals surface area (Å²) < 4.78 is 15.0. The summed E-state index contributed by atoms with van der Waals surface area (Å²) in [5.74, 6) is 0.339. The van der Waals surface area contributed by atoms with Gasteiger partial charge in [-0.1, -0.05) is 12.1 Å². The van der Waals surface area contributed by atoms with Crippen LogP contribution in [0.15, 0.2) is 18.2 Å². The summed E-state index contributed by atoms with van der Waals surface area (Å²) in [6, 6.07) is 5.08. The highest BCUT2D eigenvalue weighted by Gasteiger charge is 2.00. The van der Waals surface area contributed by atoms with Crippen molar-refractivity contribution in [3.05, 3.63) is 41.0 Å². The molecule has 0 unspecified atom stereocenters. The van der Waals surface area contributed by atoms with Crippen molar-refractivity contribution in [2.75, 3.05) is 0 Å². The van der Waals surface area contributed by atoms with Crippen LogP contribution in [-0.2, 0) is 7.05 Å². The molecule has 0 N–H and O–H groups in total. The Labute approximate surface area is 92.4 Å². The van der Waals surface area contributed by atoms with Crippen molar-refractivity contribution >= 4 is 12.2 Å². The van der Waals surface area contributed by atoms with Crippen LogP contribution in [-0.4, -0.2) is 20.2 Å². The molecule has 0 spiro atoms. The van der Waals surface area contributed by atoms with Gasteiger partial charge in [0.25, 0.3) is 0 Å². The predicted octanol–water partition coefficient (Wildman–Crippen LogP) is 1.83.